The van der Waals surface area contributed by atoms with Gasteiger partial charge in [-0.1, -0.05) is 19.1 Å². The number of benzene rings is 1. The van der Waals surface area contributed by atoms with Gasteiger partial charge in [0.1, 0.15) is 11.5 Å². The Bertz CT molecular complexity index is 848. The van der Waals surface area contributed by atoms with E-state index in [4.69, 9.17) is 4.98 Å². The van der Waals surface area contributed by atoms with Gasteiger partial charge in [0, 0.05) is 31.7 Å². The first-order valence-corrected chi connectivity index (χ1v) is 9.02. The lowest BCUT2D eigenvalue weighted by atomic mass is 9.97. The average Bonchev–Trinajstić information content (AvgIpc) is 3.28. The maximum absolute atomic E-state index is 12.9. The summed E-state index contributed by atoms with van der Waals surface area (Å²) in [6, 6.07) is 9.89. The highest BCUT2D eigenvalue weighted by molar-refractivity contribution is 5.92. The summed E-state index contributed by atoms with van der Waals surface area (Å²) < 4.78 is 1.81. The molecule has 2 aromatic heterocycles. The van der Waals surface area contributed by atoms with E-state index in [-0.39, 0.29) is 11.8 Å². The van der Waals surface area contributed by atoms with Crippen molar-refractivity contribution in [3.8, 4) is 0 Å². The molecule has 4 rings (SSSR count). The van der Waals surface area contributed by atoms with E-state index in [1.807, 2.05) is 39.9 Å². The third-order valence-electron chi connectivity index (χ3n) is 4.87. The number of nitrogens with one attached hydrogen (secondary N) is 1. The summed E-state index contributed by atoms with van der Waals surface area (Å²) in [5, 5.41) is 4.28. The Labute approximate surface area is 146 Å². The number of amides is 1. The van der Waals surface area contributed by atoms with Gasteiger partial charge < -0.3 is 9.88 Å². The summed E-state index contributed by atoms with van der Waals surface area (Å²) in [5.74, 6) is 1.32. The first-order chi connectivity index (χ1) is 12.3. The monoisotopic (exact) mass is 337 g/mol. The van der Waals surface area contributed by atoms with Crippen LogP contribution in [-0.2, 0) is 6.54 Å². The molecule has 1 atom stereocenters. The van der Waals surface area contributed by atoms with Gasteiger partial charge in [-0.3, -0.25) is 9.48 Å². The zero-order valence-corrected chi connectivity index (χ0v) is 14.5. The number of para-hydroxylation sites is 2. The molecule has 3 heterocycles. The van der Waals surface area contributed by atoms with Crippen molar-refractivity contribution >= 4 is 16.9 Å². The highest BCUT2D eigenvalue weighted by Gasteiger charge is 2.28. The Hall–Kier alpha value is -2.63. The van der Waals surface area contributed by atoms with Crippen molar-refractivity contribution in [1.82, 2.24) is 24.6 Å². The Balaban J connectivity index is 1.54. The molecule has 0 spiro atoms. The second-order valence-electron chi connectivity index (χ2n) is 6.67. The van der Waals surface area contributed by atoms with E-state index in [1.165, 1.54) is 0 Å². The van der Waals surface area contributed by atoms with Crippen molar-refractivity contribution in [2.45, 2.75) is 38.6 Å². The van der Waals surface area contributed by atoms with Crippen molar-refractivity contribution < 1.29 is 4.79 Å². The first-order valence-electron chi connectivity index (χ1n) is 9.02. The molecule has 1 unspecified atom stereocenters. The molecule has 1 N–H and O–H groups in total. The number of piperidine rings is 1. The van der Waals surface area contributed by atoms with Crippen LogP contribution in [0, 0.1) is 0 Å². The maximum atomic E-state index is 12.9. The van der Waals surface area contributed by atoms with Gasteiger partial charge in [0.15, 0.2) is 0 Å². The van der Waals surface area contributed by atoms with Crippen molar-refractivity contribution in [1.29, 1.82) is 0 Å². The minimum absolute atomic E-state index is 0.0757. The minimum Gasteiger partial charge on any atom is -0.342 e. The molecule has 0 radical (unpaired) electrons. The number of carbonyl (C=O) groups excluding carboxylic acids is 1. The zero-order chi connectivity index (χ0) is 17.2. The second-order valence-corrected chi connectivity index (χ2v) is 6.67. The van der Waals surface area contributed by atoms with E-state index in [1.54, 1.807) is 6.20 Å². The highest BCUT2D eigenvalue weighted by atomic mass is 16.2. The van der Waals surface area contributed by atoms with Gasteiger partial charge >= 0.3 is 0 Å². The molecule has 1 amide bonds. The lowest BCUT2D eigenvalue weighted by molar-refractivity contribution is 0.0692. The Kier molecular flexibility index (Phi) is 4.26. The van der Waals surface area contributed by atoms with Gasteiger partial charge in [0.05, 0.1) is 11.0 Å². The number of fused-ring (bicyclic) bond motifs is 1. The standard InChI is InChI=1S/C19H23N5O/c1-2-11-24-17(9-10-20-24)19(25)23-12-5-6-14(13-23)18-21-15-7-3-4-8-16(15)22-18/h3-4,7-10,14H,2,5-6,11-13H2,1H3,(H,21,22). The fourth-order valence-corrected chi connectivity index (χ4v) is 3.62. The number of H-pyrrole nitrogens is 1. The Morgan fingerprint density at radius 3 is 3.04 bits per heavy atom. The predicted octanol–water partition coefficient (Wildman–Crippen LogP) is 3.19. The molecule has 1 aliphatic rings. The number of hydrogen-bond acceptors (Lipinski definition) is 3. The van der Waals surface area contributed by atoms with Crippen LogP contribution in [0.3, 0.4) is 0 Å². The lowest BCUT2D eigenvalue weighted by Gasteiger charge is -2.31. The summed E-state index contributed by atoms with van der Waals surface area (Å²) >= 11 is 0. The summed E-state index contributed by atoms with van der Waals surface area (Å²) in [6.07, 6.45) is 4.72. The lowest BCUT2D eigenvalue weighted by Crippen LogP contribution is -2.40. The fraction of sp³-hybridized carbons (Fsp3) is 0.421. The van der Waals surface area contributed by atoms with Crippen LogP contribution in [0.4, 0.5) is 0 Å². The van der Waals surface area contributed by atoms with E-state index in [9.17, 15) is 4.79 Å². The third kappa shape index (κ3) is 3.04. The topological polar surface area (TPSA) is 66.8 Å². The second kappa shape index (κ2) is 6.70. The number of rotatable bonds is 4. The molecule has 130 valence electrons. The zero-order valence-electron chi connectivity index (χ0n) is 14.5. The predicted molar refractivity (Wildman–Crippen MR) is 96.5 cm³/mol. The molecule has 1 aliphatic heterocycles. The first kappa shape index (κ1) is 15.9. The maximum Gasteiger partial charge on any atom is 0.272 e. The van der Waals surface area contributed by atoms with Crippen LogP contribution in [-0.4, -0.2) is 43.6 Å². The van der Waals surface area contributed by atoms with Crippen LogP contribution in [0.15, 0.2) is 36.5 Å². The molecule has 3 aromatic rings. The molecule has 1 saturated heterocycles. The van der Waals surface area contributed by atoms with Crippen LogP contribution < -0.4 is 0 Å². The molecule has 6 heteroatoms. The van der Waals surface area contributed by atoms with Gasteiger partial charge in [-0.2, -0.15) is 5.10 Å². The van der Waals surface area contributed by atoms with Gasteiger partial charge in [-0.15, -0.1) is 0 Å². The third-order valence-corrected chi connectivity index (χ3v) is 4.87. The summed E-state index contributed by atoms with van der Waals surface area (Å²) in [5.41, 5.74) is 2.73. The largest absolute Gasteiger partial charge is 0.342 e. The van der Waals surface area contributed by atoms with E-state index in [0.717, 1.165) is 49.2 Å². The summed E-state index contributed by atoms with van der Waals surface area (Å²) in [7, 11) is 0. The van der Waals surface area contributed by atoms with Crippen molar-refractivity contribution in [2.75, 3.05) is 13.1 Å². The quantitative estimate of drug-likeness (QED) is 0.795. The molecular formula is C19H23N5O. The Morgan fingerprint density at radius 1 is 1.32 bits per heavy atom. The van der Waals surface area contributed by atoms with Crippen molar-refractivity contribution in [3.63, 3.8) is 0 Å². The van der Waals surface area contributed by atoms with E-state index >= 15 is 0 Å². The molecule has 0 saturated carbocycles. The SMILES string of the molecule is CCCn1nccc1C(=O)N1CCCC(c2nc3ccccc3[nH]2)C1. The number of nitrogens with zero attached hydrogens (tertiary/aromatic N) is 4. The molecule has 1 aromatic carbocycles. The van der Waals surface area contributed by atoms with Crippen LogP contribution in [0.1, 0.15) is 48.4 Å². The number of aryl methyl sites for hydroxylation is 1. The number of aromatic nitrogens is 4. The molecular weight excluding hydrogens is 314 g/mol. The molecule has 1 fully saturated rings. The number of carbonyl (C=O) groups is 1. The number of aromatic amines is 1. The van der Waals surface area contributed by atoms with Crippen LogP contribution in [0.2, 0.25) is 0 Å². The van der Waals surface area contributed by atoms with Crippen LogP contribution in [0.25, 0.3) is 11.0 Å². The van der Waals surface area contributed by atoms with Gasteiger partial charge in [-0.05, 0) is 37.5 Å². The van der Waals surface area contributed by atoms with E-state index in [0.29, 0.717) is 12.2 Å². The molecule has 0 bridgehead atoms. The van der Waals surface area contributed by atoms with Gasteiger partial charge in [0.2, 0.25) is 0 Å². The summed E-state index contributed by atoms with van der Waals surface area (Å²) in [4.78, 5) is 23.0. The van der Waals surface area contributed by atoms with E-state index < -0.39 is 0 Å². The molecule has 0 aliphatic carbocycles. The van der Waals surface area contributed by atoms with Gasteiger partial charge in [0.25, 0.3) is 5.91 Å². The molecule has 6 nitrogen and oxygen atoms in total. The molecule has 25 heavy (non-hydrogen) atoms. The fourth-order valence-electron chi connectivity index (χ4n) is 3.62. The smallest absolute Gasteiger partial charge is 0.272 e. The summed E-state index contributed by atoms with van der Waals surface area (Å²) in [6.45, 7) is 4.37. The van der Waals surface area contributed by atoms with Crippen molar-refractivity contribution in [2.24, 2.45) is 0 Å². The van der Waals surface area contributed by atoms with Gasteiger partial charge in [-0.25, -0.2) is 4.98 Å². The van der Waals surface area contributed by atoms with Crippen LogP contribution >= 0.6 is 0 Å². The van der Waals surface area contributed by atoms with E-state index in [2.05, 4.69) is 17.0 Å². The highest BCUT2D eigenvalue weighted by Crippen LogP contribution is 2.27. The van der Waals surface area contributed by atoms with Crippen LogP contribution in [0.5, 0.6) is 0 Å². The average molecular weight is 337 g/mol. The van der Waals surface area contributed by atoms with Crippen molar-refractivity contribution in [3.05, 3.63) is 48.0 Å². The number of hydrogen-bond donors (Lipinski definition) is 1. The number of imidazole rings is 1. The minimum atomic E-state index is 0.0757. The Morgan fingerprint density at radius 2 is 2.20 bits per heavy atom. The normalized spacial score (nSPS) is 18.0. The number of likely N-dealkylation sites (tertiary alicyclic amines) is 1.